The molecule has 2 aromatic carbocycles. The lowest BCUT2D eigenvalue weighted by Crippen LogP contribution is -2.05. The van der Waals surface area contributed by atoms with Gasteiger partial charge in [-0.1, -0.05) is 30.3 Å². The molecule has 0 radical (unpaired) electrons. The first-order valence-electron chi connectivity index (χ1n) is 6.94. The lowest BCUT2D eigenvalue weighted by atomic mass is 10.0. The first-order valence-corrected chi connectivity index (χ1v) is 7.69. The maximum absolute atomic E-state index is 12.9. The lowest BCUT2D eigenvalue weighted by molar-refractivity contribution is -0.137. The smallest absolute Gasteiger partial charge is 0.416 e. The molecule has 2 aromatic rings. The highest BCUT2D eigenvalue weighted by Crippen LogP contribution is 2.70. The summed E-state index contributed by atoms with van der Waals surface area (Å²) in [4.78, 5) is 0. The molecule has 0 heterocycles. The van der Waals surface area contributed by atoms with Crippen LogP contribution in [0.25, 0.3) is 0 Å². The minimum Gasteiger partial charge on any atom is -0.497 e. The van der Waals surface area contributed by atoms with Gasteiger partial charge >= 0.3 is 6.18 Å². The Morgan fingerprint density at radius 1 is 0.957 bits per heavy atom. The standard InChI is InChI=1S/C17H13Cl2F3O/c1-23-13-7-5-10(6-8-13)14-15(16(14,18)19)11-3-2-4-12(9-11)17(20,21)22/h2-9,14-15H,1H3/t14-,15-/m1/s1. The van der Waals surface area contributed by atoms with Gasteiger partial charge < -0.3 is 4.74 Å². The number of methoxy groups -OCH3 is 1. The van der Waals surface area contributed by atoms with Gasteiger partial charge in [-0.2, -0.15) is 13.2 Å². The molecule has 0 N–H and O–H groups in total. The molecule has 122 valence electrons. The molecule has 1 aliphatic rings. The number of halogens is 5. The van der Waals surface area contributed by atoms with Crippen LogP contribution in [0.4, 0.5) is 13.2 Å². The van der Waals surface area contributed by atoms with Gasteiger partial charge in [-0.3, -0.25) is 0 Å². The van der Waals surface area contributed by atoms with E-state index >= 15 is 0 Å². The summed E-state index contributed by atoms with van der Waals surface area (Å²) in [5.41, 5.74) is 0.670. The molecule has 1 fully saturated rings. The molecule has 0 bridgehead atoms. The van der Waals surface area contributed by atoms with Crippen molar-refractivity contribution >= 4 is 23.2 Å². The van der Waals surface area contributed by atoms with E-state index in [0.29, 0.717) is 11.3 Å². The van der Waals surface area contributed by atoms with Crippen LogP contribution in [0.15, 0.2) is 48.5 Å². The summed E-state index contributed by atoms with van der Waals surface area (Å²) in [6.07, 6.45) is -4.39. The fraction of sp³-hybridized carbons (Fsp3) is 0.294. The molecule has 23 heavy (non-hydrogen) atoms. The van der Waals surface area contributed by atoms with Gasteiger partial charge in [0, 0.05) is 11.8 Å². The Labute approximate surface area is 142 Å². The molecule has 2 atom stereocenters. The van der Waals surface area contributed by atoms with Crippen molar-refractivity contribution in [1.82, 2.24) is 0 Å². The van der Waals surface area contributed by atoms with Crippen LogP contribution in [0.3, 0.4) is 0 Å². The van der Waals surface area contributed by atoms with Crippen LogP contribution in [0.2, 0.25) is 0 Å². The van der Waals surface area contributed by atoms with Gasteiger partial charge in [-0.15, -0.1) is 23.2 Å². The normalized spacial score (nSPS) is 22.7. The van der Waals surface area contributed by atoms with E-state index in [4.69, 9.17) is 27.9 Å². The fourth-order valence-corrected chi connectivity index (χ4v) is 3.76. The predicted octanol–water partition coefficient (Wildman–Crippen LogP) is 5.77. The van der Waals surface area contributed by atoms with Crippen molar-refractivity contribution in [3.05, 3.63) is 65.2 Å². The van der Waals surface area contributed by atoms with Crippen LogP contribution in [0.1, 0.15) is 28.5 Å². The molecule has 6 heteroatoms. The van der Waals surface area contributed by atoms with E-state index in [0.717, 1.165) is 17.7 Å². The second-order valence-corrected chi connectivity index (χ2v) is 6.97. The van der Waals surface area contributed by atoms with Crippen LogP contribution in [0, 0.1) is 0 Å². The molecule has 3 rings (SSSR count). The van der Waals surface area contributed by atoms with Crippen molar-refractivity contribution < 1.29 is 17.9 Å². The van der Waals surface area contributed by atoms with Gasteiger partial charge in [0.05, 0.1) is 12.7 Å². The van der Waals surface area contributed by atoms with Crippen molar-refractivity contribution in [2.24, 2.45) is 0 Å². The molecule has 1 saturated carbocycles. The van der Waals surface area contributed by atoms with E-state index in [1.54, 1.807) is 25.3 Å². The molecule has 0 unspecified atom stereocenters. The fourth-order valence-electron chi connectivity index (χ4n) is 2.88. The lowest BCUT2D eigenvalue weighted by Gasteiger charge is -2.08. The van der Waals surface area contributed by atoms with Crippen LogP contribution >= 0.6 is 23.2 Å². The highest BCUT2D eigenvalue weighted by molar-refractivity contribution is 6.52. The Morgan fingerprint density at radius 3 is 2.13 bits per heavy atom. The molecule has 0 aliphatic heterocycles. The van der Waals surface area contributed by atoms with Crippen LogP contribution in [-0.4, -0.2) is 11.4 Å². The molecule has 1 aliphatic carbocycles. The Kier molecular flexibility index (Phi) is 4.01. The minimum absolute atomic E-state index is 0.250. The zero-order valence-corrected chi connectivity index (χ0v) is 13.6. The topological polar surface area (TPSA) is 9.23 Å². The Morgan fingerprint density at radius 2 is 1.57 bits per heavy atom. The van der Waals surface area contributed by atoms with E-state index in [9.17, 15) is 13.2 Å². The summed E-state index contributed by atoms with van der Waals surface area (Å²) in [6.45, 7) is 0. The second kappa shape index (κ2) is 5.60. The zero-order valence-electron chi connectivity index (χ0n) is 12.1. The average Bonchev–Trinajstić information content (AvgIpc) is 3.09. The van der Waals surface area contributed by atoms with Crippen molar-refractivity contribution in [3.63, 3.8) is 0 Å². The third-order valence-electron chi connectivity index (χ3n) is 4.10. The number of benzene rings is 2. The SMILES string of the molecule is COc1ccc([C@@H]2[C@@H](c3cccc(C(F)(F)F)c3)C2(Cl)Cl)cc1. The first kappa shape index (κ1) is 16.5. The summed E-state index contributed by atoms with van der Waals surface area (Å²) >= 11 is 12.7. The third kappa shape index (κ3) is 3.02. The van der Waals surface area contributed by atoms with E-state index in [2.05, 4.69) is 0 Å². The van der Waals surface area contributed by atoms with Crippen LogP contribution < -0.4 is 4.74 Å². The summed E-state index contributed by atoms with van der Waals surface area (Å²) in [5.74, 6) is 0.0708. The Bertz CT molecular complexity index is 711. The van der Waals surface area contributed by atoms with Gasteiger partial charge in [0.2, 0.25) is 0 Å². The number of ether oxygens (including phenoxy) is 1. The van der Waals surface area contributed by atoms with E-state index < -0.39 is 16.1 Å². The molecular formula is C17H13Cl2F3O. The van der Waals surface area contributed by atoms with Crippen molar-refractivity contribution in [1.29, 1.82) is 0 Å². The Hall–Kier alpha value is -1.39. The van der Waals surface area contributed by atoms with E-state index in [-0.39, 0.29) is 11.8 Å². The Balaban J connectivity index is 1.91. The molecular weight excluding hydrogens is 348 g/mol. The molecule has 0 spiro atoms. The quantitative estimate of drug-likeness (QED) is 0.631. The number of hydrogen-bond acceptors (Lipinski definition) is 1. The first-order chi connectivity index (χ1) is 10.7. The van der Waals surface area contributed by atoms with Gasteiger partial charge in [-0.05, 0) is 29.3 Å². The zero-order chi connectivity index (χ0) is 16.8. The van der Waals surface area contributed by atoms with Crippen molar-refractivity contribution in [2.45, 2.75) is 22.3 Å². The monoisotopic (exact) mass is 360 g/mol. The van der Waals surface area contributed by atoms with Gasteiger partial charge in [-0.25, -0.2) is 0 Å². The molecule has 0 aromatic heterocycles. The summed E-state index contributed by atoms with van der Waals surface area (Å²) in [7, 11) is 1.56. The average molecular weight is 361 g/mol. The van der Waals surface area contributed by atoms with Crippen LogP contribution in [-0.2, 0) is 6.18 Å². The maximum atomic E-state index is 12.9. The highest BCUT2D eigenvalue weighted by Gasteiger charge is 2.64. The number of alkyl halides is 5. The van der Waals surface area contributed by atoms with Crippen molar-refractivity contribution in [3.8, 4) is 5.75 Å². The van der Waals surface area contributed by atoms with E-state index in [1.165, 1.54) is 6.07 Å². The van der Waals surface area contributed by atoms with Gasteiger partial charge in [0.1, 0.15) is 10.1 Å². The molecule has 0 amide bonds. The summed E-state index contributed by atoms with van der Waals surface area (Å²) in [5, 5.41) is 0. The van der Waals surface area contributed by atoms with Crippen LogP contribution in [0.5, 0.6) is 5.75 Å². The van der Waals surface area contributed by atoms with Crippen molar-refractivity contribution in [2.75, 3.05) is 7.11 Å². The van der Waals surface area contributed by atoms with E-state index in [1.807, 2.05) is 12.1 Å². The number of rotatable bonds is 3. The summed E-state index contributed by atoms with van der Waals surface area (Å²) in [6, 6.07) is 12.4. The summed E-state index contributed by atoms with van der Waals surface area (Å²) < 4.78 is 42.6. The maximum Gasteiger partial charge on any atom is 0.416 e. The molecule has 0 saturated heterocycles. The minimum atomic E-state index is -4.39. The highest BCUT2D eigenvalue weighted by atomic mass is 35.5. The largest absolute Gasteiger partial charge is 0.497 e. The predicted molar refractivity (Wildman–Crippen MR) is 84.4 cm³/mol. The van der Waals surface area contributed by atoms with Gasteiger partial charge in [0.15, 0.2) is 0 Å². The third-order valence-corrected chi connectivity index (χ3v) is 5.04. The van der Waals surface area contributed by atoms with Gasteiger partial charge in [0.25, 0.3) is 0 Å². The molecule has 1 nitrogen and oxygen atoms in total. The second-order valence-electron chi connectivity index (χ2n) is 5.53. The number of hydrogen-bond donors (Lipinski definition) is 0.